The van der Waals surface area contributed by atoms with Crippen LogP contribution in [0.3, 0.4) is 0 Å². The van der Waals surface area contributed by atoms with Gasteiger partial charge in [-0.15, -0.1) is 0 Å². The van der Waals surface area contributed by atoms with E-state index >= 15 is 0 Å². The number of hydrogen-bond acceptors (Lipinski definition) is 4. The molecule has 3 aromatic rings. The molecule has 0 saturated carbocycles. The summed E-state index contributed by atoms with van der Waals surface area (Å²) in [5.41, 5.74) is 3.01. The molecular weight excluding hydrogens is 328 g/mol. The second kappa shape index (κ2) is 7.17. The molecule has 1 aliphatic rings. The van der Waals surface area contributed by atoms with Gasteiger partial charge in [0.2, 0.25) is 0 Å². The predicted molar refractivity (Wildman–Crippen MR) is 98.8 cm³/mol. The van der Waals surface area contributed by atoms with E-state index in [0.29, 0.717) is 11.7 Å². The number of rotatable bonds is 4. The molecule has 3 heterocycles. The fourth-order valence-corrected chi connectivity index (χ4v) is 3.60. The Kier molecular flexibility index (Phi) is 4.58. The van der Waals surface area contributed by atoms with Gasteiger partial charge in [-0.2, -0.15) is 5.10 Å². The lowest BCUT2D eigenvalue weighted by atomic mass is 9.86. The molecule has 0 radical (unpaired) electrons. The predicted octanol–water partition coefficient (Wildman–Crippen LogP) is 2.56. The summed E-state index contributed by atoms with van der Waals surface area (Å²) in [6, 6.07) is 14.0. The molecule has 6 nitrogen and oxygen atoms in total. The van der Waals surface area contributed by atoms with E-state index in [2.05, 4.69) is 27.9 Å². The first kappa shape index (κ1) is 16.6. The highest BCUT2D eigenvalue weighted by Crippen LogP contribution is 2.26. The molecule has 1 unspecified atom stereocenters. The number of amides is 1. The van der Waals surface area contributed by atoms with Crippen molar-refractivity contribution in [1.29, 1.82) is 0 Å². The van der Waals surface area contributed by atoms with Crippen molar-refractivity contribution in [3.63, 3.8) is 0 Å². The molecule has 1 aromatic carbocycles. The lowest BCUT2D eigenvalue weighted by Gasteiger charge is -2.33. The van der Waals surface area contributed by atoms with Gasteiger partial charge < -0.3 is 15.1 Å². The molecule has 4 rings (SSSR count). The maximum atomic E-state index is 12.7. The molecular formula is C20H22N4O2. The number of nitrogens with zero attached hydrogens (tertiary/aromatic N) is 2. The van der Waals surface area contributed by atoms with Gasteiger partial charge in [-0.3, -0.25) is 9.48 Å². The highest BCUT2D eigenvalue weighted by molar-refractivity contribution is 5.93. The van der Waals surface area contributed by atoms with Crippen molar-refractivity contribution >= 4 is 5.91 Å². The third kappa shape index (κ3) is 3.28. The minimum Gasteiger partial charge on any atom is -0.458 e. The smallest absolute Gasteiger partial charge is 0.287 e. The zero-order chi connectivity index (χ0) is 17.9. The van der Waals surface area contributed by atoms with E-state index in [4.69, 9.17) is 4.42 Å². The highest BCUT2D eigenvalue weighted by Gasteiger charge is 2.28. The SMILES string of the molecule is Cn1nccc1-c1coc(C(=O)NC2CNCC[C@@H]2c2ccccc2)c1. The summed E-state index contributed by atoms with van der Waals surface area (Å²) in [6.07, 6.45) is 4.31. The van der Waals surface area contributed by atoms with Gasteiger partial charge in [-0.1, -0.05) is 30.3 Å². The number of aryl methyl sites for hydroxylation is 1. The molecule has 2 aromatic heterocycles. The number of carbonyl (C=O) groups excluding carboxylic acids is 1. The Morgan fingerprint density at radius 3 is 2.92 bits per heavy atom. The Balaban J connectivity index is 1.50. The van der Waals surface area contributed by atoms with Gasteiger partial charge in [-0.05, 0) is 30.7 Å². The van der Waals surface area contributed by atoms with Gasteiger partial charge in [0.15, 0.2) is 5.76 Å². The van der Waals surface area contributed by atoms with Gasteiger partial charge in [0.1, 0.15) is 6.26 Å². The van der Waals surface area contributed by atoms with Crippen LogP contribution in [0.25, 0.3) is 11.3 Å². The minimum atomic E-state index is -0.187. The van der Waals surface area contributed by atoms with E-state index in [-0.39, 0.29) is 11.9 Å². The van der Waals surface area contributed by atoms with Crippen LogP contribution in [0.5, 0.6) is 0 Å². The standard InChI is InChI=1S/C20H22N4O2/c1-24-18(8-10-22-24)15-11-19(26-13-15)20(25)23-17-12-21-9-7-16(17)14-5-3-2-4-6-14/h2-6,8,10-11,13,16-17,21H,7,9,12H2,1H3,(H,23,25)/t16-,17?/m1/s1. The van der Waals surface area contributed by atoms with Crippen molar-refractivity contribution in [2.45, 2.75) is 18.4 Å². The Bertz CT molecular complexity index is 884. The first-order valence-corrected chi connectivity index (χ1v) is 8.86. The number of carbonyl (C=O) groups is 1. The molecule has 26 heavy (non-hydrogen) atoms. The van der Waals surface area contributed by atoms with Gasteiger partial charge in [0.25, 0.3) is 5.91 Å². The van der Waals surface area contributed by atoms with Crippen LogP contribution in [-0.4, -0.2) is 34.8 Å². The Morgan fingerprint density at radius 2 is 2.15 bits per heavy atom. The molecule has 2 N–H and O–H groups in total. The zero-order valence-corrected chi connectivity index (χ0v) is 14.7. The summed E-state index contributed by atoms with van der Waals surface area (Å²) in [5.74, 6) is 0.430. The van der Waals surface area contributed by atoms with E-state index in [1.807, 2.05) is 31.3 Å². The molecule has 134 valence electrons. The van der Waals surface area contributed by atoms with Gasteiger partial charge in [-0.25, -0.2) is 0 Å². The summed E-state index contributed by atoms with van der Waals surface area (Å²) in [4.78, 5) is 12.7. The van der Waals surface area contributed by atoms with Crippen LogP contribution in [-0.2, 0) is 7.05 Å². The summed E-state index contributed by atoms with van der Waals surface area (Å²) in [7, 11) is 1.86. The maximum Gasteiger partial charge on any atom is 0.287 e. The number of nitrogens with one attached hydrogen (secondary N) is 2. The number of furan rings is 1. The summed E-state index contributed by atoms with van der Waals surface area (Å²) in [5, 5.41) is 10.7. The van der Waals surface area contributed by atoms with Crippen molar-refractivity contribution in [2.24, 2.45) is 7.05 Å². The number of benzene rings is 1. The first-order valence-electron chi connectivity index (χ1n) is 8.86. The van der Waals surface area contributed by atoms with Crippen molar-refractivity contribution < 1.29 is 9.21 Å². The Labute approximate surface area is 152 Å². The topological polar surface area (TPSA) is 72.1 Å². The van der Waals surface area contributed by atoms with Crippen LogP contribution in [0.4, 0.5) is 0 Å². The van der Waals surface area contributed by atoms with Crippen LogP contribution in [0.2, 0.25) is 0 Å². The second-order valence-corrected chi connectivity index (χ2v) is 6.63. The second-order valence-electron chi connectivity index (χ2n) is 6.63. The molecule has 1 amide bonds. The molecule has 2 atom stereocenters. The van der Waals surface area contributed by atoms with Gasteiger partial charge in [0.05, 0.1) is 5.69 Å². The quantitative estimate of drug-likeness (QED) is 0.759. The van der Waals surface area contributed by atoms with Crippen LogP contribution >= 0.6 is 0 Å². The maximum absolute atomic E-state index is 12.7. The summed E-state index contributed by atoms with van der Waals surface area (Å²) >= 11 is 0. The number of hydrogen-bond donors (Lipinski definition) is 2. The van der Waals surface area contributed by atoms with E-state index in [0.717, 1.165) is 30.8 Å². The van der Waals surface area contributed by atoms with Crippen LogP contribution < -0.4 is 10.6 Å². The lowest BCUT2D eigenvalue weighted by molar-refractivity contribution is 0.0896. The van der Waals surface area contributed by atoms with Crippen LogP contribution in [0.15, 0.2) is 59.3 Å². The van der Waals surface area contributed by atoms with Crippen LogP contribution in [0, 0.1) is 0 Å². The van der Waals surface area contributed by atoms with Crippen molar-refractivity contribution in [3.05, 3.63) is 66.2 Å². The van der Waals surface area contributed by atoms with Crippen molar-refractivity contribution in [3.8, 4) is 11.3 Å². The monoisotopic (exact) mass is 350 g/mol. The van der Waals surface area contributed by atoms with Gasteiger partial charge >= 0.3 is 0 Å². The normalized spacial score (nSPS) is 20.0. The molecule has 0 aliphatic carbocycles. The summed E-state index contributed by atoms with van der Waals surface area (Å²) < 4.78 is 7.27. The van der Waals surface area contributed by atoms with Crippen LogP contribution in [0.1, 0.15) is 28.5 Å². The van der Waals surface area contributed by atoms with Gasteiger partial charge in [0, 0.05) is 37.3 Å². The average Bonchev–Trinajstić information content (AvgIpc) is 3.32. The summed E-state index contributed by atoms with van der Waals surface area (Å²) in [6.45, 7) is 1.71. The first-order chi connectivity index (χ1) is 12.7. The molecule has 1 saturated heterocycles. The zero-order valence-electron chi connectivity index (χ0n) is 14.7. The lowest BCUT2D eigenvalue weighted by Crippen LogP contribution is -2.49. The highest BCUT2D eigenvalue weighted by atomic mass is 16.3. The number of piperidine rings is 1. The van der Waals surface area contributed by atoms with E-state index < -0.39 is 0 Å². The van der Waals surface area contributed by atoms with E-state index in [1.54, 1.807) is 23.2 Å². The molecule has 6 heteroatoms. The molecule has 0 spiro atoms. The fraction of sp³-hybridized carbons (Fsp3) is 0.300. The van der Waals surface area contributed by atoms with E-state index in [1.165, 1.54) is 5.56 Å². The fourth-order valence-electron chi connectivity index (χ4n) is 3.60. The average molecular weight is 350 g/mol. The largest absolute Gasteiger partial charge is 0.458 e. The van der Waals surface area contributed by atoms with Crippen molar-refractivity contribution in [2.75, 3.05) is 13.1 Å². The molecule has 0 bridgehead atoms. The van der Waals surface area contributed by atoms with Crippen molar-refractivity contribution in [1.82, 2.24) is 20.4 Å². The van der Waals surface area contributed by atoms with E-state index in [9.17, 15) is 4.79 Å². The third-order valence-electron chi connectivity index (χ3n) is 4.97. The Hall–Kier alpha value is -2.86. The number of aromatic nitrogens is 2. The molecule has 1 aliphatic heterocycles. The minimum absolute atomic E-state index is 0.0314. The Morgan fingerprint density at radius 1 is 1.31 bits per heavy atom. The molecule has 1 fully saturated rings. The third-order valence-corrected chi connectivity index (χ3v) is 4.97.